The van der Waals surface area contributed by atoms with Gasteiger partial charge in [-0.2, -0.15) is 4.58 Å². The molecule has 0 spiro atoms. The molecule has 1 aliphatic rings. The fourth-order valence-electron chi connectivity index (χ4n) is 4.04. The van der Waals surface area contributed by atoms with E-state index in [2.05, 4.69) is 49.8 Å². The van der Waals surface area contributed by atoms with Gasteiger partial charge in [0.05, 0.1) is 39.4 Å². The lowest BCUT2D eigenvalue weighted by molar-refractivity contribution is -0.401. The molecule has 1 heterocycles. The third-order valence-corrected chi connectivity index (χ3v) is 5.95. The number of allylic oxidation sites excluding steroid dienone is 1. The quantitative estimate of drug-likeness (QED) is 0.629. The molecule has 3 rings (SSSR count). The van der Waals surface area contributed by atoms with E-state index >= 15 is 0 Å². The van der Waals surface area contributed by atoms with Gasteiger partial charge in [-0.3, -0.25) is 0 Å². The maximum Gasteiger partial charge on any atom is 0.209 e. The molecule has 0 N–H and O–H groups in total. The zero-order chi connectivity index (χ0) is 21.2. The van der Waals surface area contributed by atoms with E-state index in [1.807, 2.05) is 18.2 Å². The summed E-state index contributed by atoms with van der Waals surface area (Å²) in [5.74, 6) is 2.98. The lowest BCUT2D eigenvalue weighted by Crippen LogP contribution is -2.29. The number of hydrogen-bond donors (Lipinski definition) is 0. The molecule has 0 fully saturated rings. The van der Waals surface area contributed by atoms with E-state index in [1.54, 1.807) is 28.4 Å². The first-order chi connectivity index (χ1) is 13.9. The number of rotatable bonds is 7. The van der Waals surface area contributed by atoms with E-state index in [1.165, 1.54) is 17.0 Å². The molecule has 154 valence electrons. The average molecular weight is 397 g/mol. The summed E-state index contributed by atoms with van der Waals surface area (Å²) in [7, 11) is 8.74. The highest BCUT2D eigenvalue weighted by molar-refractivity contribution is 6.06. The molecule has 0 radical (unpaired) electrons. The summed E-state index contributed by atoms with van der Waals surface area (Å²) in [4.78, 5) is 0. The Morgan fingerprint density at radius 2 is 1.48 bits per heavy atom. The van der Waals surface area contributed by atoms with E-state index in [9.17, 15) is 0 Å². The van der Waals surface area contributed by atoms with Crippen molar-refractivity contribution < 1.29 is 23.5 Å². The minimum absolute atomic E-state index is 0.123. The molecule has 5 heteroatoms. The summed E-state index contributed by atoms with van der Waals surface area (Å²) < 4.78 is 24.3. The molecule has 2 aromatic carbocycles. The number of hydrogen-bond acceptors (Lipinski definition) is 4. The van der Waals surface area contributed by atoms with Crippen LogP contribution in [0.5, 0.6) is 23.0 Å². The Morgan fingerprint density at radius 1 is 0.862 bits per heavy atom. The van der Waals surface area contributed by atoms with Crippen LogP contribution in [-0.4, -0.2) is 45.8 Å². The van der Waals surface area contributed by atoms with Gasteiger partial charge in [0.15, 0.2) is 5.71 Å². The first kappa shape index (κ1) is 20.8. The van der Waals surface area contributed by atoms with Crippen LogP contribution in [0.3, 0.4) is 0 Å². The standard InChI is InChI=1S/C24H30NO4/c1-8-24(2)19-13-16(26-4)9-11-20(19)25(3)23(24)12-10-18-21(28-6)14-17(27-5)15-22(18)29-7/h9-15H,8H2,1-7H3/q+1/b12-10+. The van der Waals surface area contributed by atoms with Crippen LogP contribution >= 0.6 is 0 Å². The Morgan fingerprint density at radius 3 is 2.00 bits per heavy atom. The van der Waals surface area contributed by atoms with Gasteiger partial charge in [-0.05, 0) is 31.6 Å². The minimum atomic E-state index is -0.123. The molecule has 2 aromatic rings. The van der Waals surface area contributed by atoms with Gasteiger partial charge >= 0.3 is 0 Å². The maximum absolute atomic E-state index is 5.59. The highest BCUT2D eigenvalue weighted by atomic mass is 16.5. The van der Waals surface area contributed by atoms with Crippen LogP contribution in [0.15, 0.2) is 36.4 Å². The second-order valence-corrected chi connectivity index (χ2v) is 7.29. The van der Waals surface area contributed by atoms with Gasteiger partial charge in [0.25, 0.3) is 0 Å². The Labute approximate surface area is 173 Å². The lowest BCUT2D eigenvalue weighted by Gasteiger charge is -2.20. The van der Waals surface area contributed by atoms with E-state index in [4.69, 9.17) is 18.9 Å². The van der Waals surface area contributed by atoms with Crippen LogP contribution in [0.2, 0.25) is 0 Å². The number of ether oxygens (including phenoxy) is 4. The molecule has 29 heavy (non-hydrogen) atoms. The summed E-state index contributed by atoms with van der Waals surface area (Å²) in [5, 5.41) is 0. The first-order valence-electron chi connectivity index (χ1n) is 9.71. The smallest absolute Gasteiger partial charge is 0.209 e. The predicted molar refractivity (Wildman–Crippen MR) is 117 cm³/mol. The average Bonchev–Trinajstić information content (AvgIpc) is 2.98. The Hall–Kier alpha value is -2.95. The van der Waals surface area contributed by atoms with E-state index in [-0.39, 0.29) is 5.41 Å². The van der Waals surface area contributed by atoms with Crippen molar-refractivity contribution in [3.8, 4) is 23.0 Å². The van der Waals surface area contributed by atoms with E-state index in [0.29, 0.717) is 17.2 Å². The summed E-state index contributed by atoms with van der Waals surface area (Å²) in [6.07, 6.45) is 5.18. The fourth-order valence-corrected chi connectivity index (χ4v) is 4.04. The minimum Gasteiger partial charge on any atom is -0.497 e. The monoisotopic (exact) mass is 396 g/mol. The van der Waals surface area contributed by atoms with Crippen molar-refractivity contribution in [3.05, 3.63) is 47.5 Å². The molecule has 0 aromatic heterocycles. The van der Waals surface area contributed by atoms with Gasteiger partial charge in [-0.25, -0.2) is 0 Å². The SMILES string of the molecule is CCC1(C)C(/C=C/c2c(OC)cc(OC)cc2OC)=[N+](C)c2ccc(OC)cc21. The van der Waals surface area contributed by atoms with Crippen molar-refractivity contribution >= 4 is 17.5 Å². The van der Waals surface area contributed by atoms with Crippen molar-refractivity contribution in [2.45, 2.75) is 25.7 Å². The molecular weight excluding hydrogens is 366 g/mol. The summed E-state index contributed by atoms with van der Waals surface area (Å²) >= 11 is 0. The lowest BCUT2D eigenvalue weighted by atomic mass is 9.77. The topological polar surface area (TPSA) is 39.9 Å². The molecule has 1 aliphatic heterocycles. The Bertz CT molecular complexity index is 952. The molecule has 1 unspecified atom stereocenters. The van der Waals surface area contributed by atoms with Crippen LogP contribution in [-0.2, 0) is 5.41 Å². The molecular formula is C24H30NO4+. The van der Waals surface area contributed by atoms with Crippen LogP contribution < -0.4 is 18.9 Å². The molecule has 5 nitrogen and oxygen atoms in total. The van der Waals surface area contributed by atoms with Gasteiger partial charge in [-0.1, -0.05) is 6.92 Å². The fraction of sp³-hybridized carbons (Fsp3) is 0.375. The van der Waals surface area contributed by atoms with Gasteiger partial charge in [0.1, 0.15) is 30.0 Å². The molecule has 0 saturated heterocycles. The number of benzene rings is 2. The normalized spacial score (nSPS) is 18.2. The van der Waals surface area contributed by atoms with Crippen molar-refractivity contribution in [2.24, 2.45) is 0 Å². The van der Waals surface area contributed by atoms with E-state index in [0.717, 1.165) is 17.7 Å². The number of methoxy groups -OCH3 is 4. The Balaban J connectivity index is 2.11. The summed E-state index contributed by atoms with van der Waals surface area (Å²) in [5.41, 5.74) is 4.44. The third-order valence-electron chi connectivity index (χ3n) is 5.95. The highest BCUT2D eigenvalue weighted by Crippen LogP contribution is 2.44. The van der Waals surface area contributed by atoms with Gasteiger partial charge < -0.3 is 18.9 Å². The molecule has 0 saturated carbocycles. The van der Waals surface area contributed by atoms with E-state index < -0.39 is 0 Å². The second kappa shape index (κ2) is 8.19. The third kappa shape index (κ3) is 3.46. The second-order valence-electron chi connectivity index (χ2n) is 7.29. The number of fused-ring (bicyclic) bond motifs is 1. The zero-order valence-electron chi connectivity index (χ0n) is 18.3. The summed E-state index contributed by atoms with van der Waals surface area (Å²) in [6, 6.07) is 10.0. The van der Waals surface area contributed by atoms with Crippen LogP contribution in [0.25, 0.3) is 6.08 Å². The van der Waals surface area contributed by atoms with Gasteiger partial charge in [0.2, 0.25) is 5.69 Å². The summed E-state index contributed by atoms with van der Waals surface area (Å²) in [6.45, 7) is 4.49. The predicted octanol–water partition coefficient (Wildman–Crippen LogP) is 4.83. The molecule has 0 amide bonds. The van der Waals surface area contributed by atoms with Crippen molar-refractivity contribution in [2.75, 3.05) is 35.5 Å². The molecule has 0 bridgehead atoms. The first-order valence-corrected chi connectivity index (χ1v) is 9.71. The largest absolute Gasteiger partial charge is 0.497 e. The van der Waals surface area contributed by atoms with Crippen molar-refractivity contribution in [1.29, 1.82) is 0 Å². The zero-order valence-corrected chi connectivity index (χ0v) is 18.3. The highest BCUT2D eigenvalue weighted by Gasteiger charge is 2.45. The van der Waals surface area contributed by atoms with Gasteiger partial charge in [-0.15, -0.1) is 0 Å². The maximum atomic E-state index is 5.59. The molecule has 1 atom stereocenters. The molecule has 0 aliphatic carbocycles. The Kier molecular flexibility index (Phi) is 5.87. The van der Waals surface area contributed by atoms with Crippen LogP contribution in [0.1, 0.15) is 31.4 Å². The van der Waals surface area contributed by atoms with Crippen molar-refractivity contribution in [3.63, 3.8) is 0 Å². The number of nitrogens with zero attached hydrogens (tertiary/aromatic N) is 1. The van der Waals surface area contributed by atoms with Gasteiger partial charge in [0, 0.05) is 29.8 Å². The van der Waals surface area contributed by atoms with Crippen LogP contribution in [0.4, 0.5) is 5.69 Å². The van der Waals surface area contributed by atoms with Crippen molar-refractivity contribution in [1.82, 2.24) is 0 Å². The van der Waals surface area contributed by atoms with Crippen LogP contribution in [0, 0.1) is 0 Å².